The first-order valence-electron chi connectivity index (χ1n) is 10.0. The highest BCUT2D eigenvalue weighted by atomic mass is 31.1. The molecule has 2 heteroatoms. The van der Waals surface area contributed by atoms with E-state index < -0.39 is 7.92 Å². The van der Waals surface area contributed by atoms with Crippen LogP contribution in [0.4, 0.5) is 0 Å². The van der Waals surface area contributed by atoms with Crippen molar-refractivity contribution in [2.45, 2.75) is 19.8 Å². The highest BCUT2D eigenvalue weighted by Crippen LogP contribution is 2.46. The predicted molar refractivity (Wildman–Crippen MR) is 124 cm³/mol. The normalized spacial score (nSPS) is 14.8. The number of ether oxygens (including phenoxy) is 1. The van der Waals surface area contributed by atoms with Crippen LogP contribution in [0.2, 0.25) is 0 Å². The van der Waals surface area contributed by atoms with E-state index in [1.165, 1.54) is 32.6 Å². The average molecular weight is 394 g/mol. The molecule has 0 radical (unpaired) electrons. The van der Waals surface area contributed by atoms with Crippen molar-refractivity contribution < 1.29 is 4.74 Å². The maximum atomic E-state index is 6.28. The third kappa shape index (κ3) is 3.16. The number of para-hydroxylation sites is 1. The van der Waals surface area contributed by atoms with Crippen molar-refractivity contribution in [1.82, 2.24) is 0 Å². The molecule has 1 aliphatic heterocycles. The summed E-state index contributed by atoms with van der Waals surface area (Å²) < 4.78 is 6.28. The SMILES string of the molecule is Cc1c(P(c2ccccc2)c2ccccc2)ccc2c1C(C)c1ccccc1O2. The summed E-state index contributed by atoms with van der Waals surface area (Å²) in [7, 11) is -0.624. The van der Waals surface area contributed by atoms with E-state index in [1.54, 1.807) is 0 Å². The lowest BCUT2D eigenvalue weighted by molar-refractivity contribution is 0.449. The zero-order valence-corrected chi connectivity index (χ0v) is 17.6. The monoisotopic (exact) mass is 394 g/mol. The van der Waals surface area contributed by atoms with E-state index in [9.17, 15) is 0 Å². The standard InChI is InChI=1S/C27H23OP/c1-19-23-15-9-10-16-24(23)28-25-17-18-26(20(2)27(19)25)29(21-11-5-3-6-12-21)22-13-7-4-8-14-22/h3-19H,1-2H3. The number of hydrogen-bond donors (Lipinski definition) is 0. The molecule has 0 fully saturated rings. The zero-order valence-electron chi connectivity index (χ0n) is 16.7. The van der Waals surface area contributed by atoms with Gasteiger partial charge in [0.15, 0.2) is 0 Å². The smallest absolute Gasteiger partial charge is 0.131 e. The van der Waals surface area contributed by atoms with Gasteiger partial charge in [-0.25, -0.2) is 0 Å². The summed E-state index contributed by atoms with van der Waals surface area (Å²) in [6, 6.07) is 34.6. The van der Waals surface area contributed by atoms with Crippen molar-refractivity contribution in [3.05, 3.63) is 114 Å². The molecule has 0 aromatic heterocycles. The summed E-state index contributed by atoms with van der Waals surface area (Å²) >= 11 is 0. The highest BCUT2D eigenvalue weighted by Gasteiger charge is 2.28. The largest absolute Gasteiger partial charge is 0.457 e. The minimum atomic E-state index is -0.624. The summed E-state index contributed by atoms with van der Waals surface area (Å²) in [4.78, 5) is 0. The van der Waals surface area contributed by atoms with Crippen LogP contribution in [-0.2, 0) is 0 Å². The Morgan fingerprint density at radius 1 is 0.655 bits per heavy atom. The third-order valence-corrected chi connectivity index (χ3v) is 8.35. The summed E-state index contributed by atoms with van der Waals surface area (Å²) in [5, 5.41) is 4.16. The number of fused-ring (bicyclic) bond motifs is 2. The van der Waals surface area contributed by atoms with Gasteiger partial charge in [-0.3, -0.25) is 0 Å². The Bertz CT molecular complexity index is 1110. The number of hydrogen-bond acceptors (Lipinski definition) is 1. The molecule has 0 saturated heterocycles. The van der Waals surface area contributed by atoms with Crippen molar-refractivity contribution in [2.24, 2.45) is 0 Å². The molecule has 1 unspecified atom stereocenters. The average Bonchev–Trinajstić information content (AvgIpc) is 2.77. The second kappa shape index (κ2) is 7.50. The topological polar surface area (TPSA) is 9.23 Å². The quantitative estimate of drug-likeness (QED) is 0.387. The predicted octanol–water partition coefficient (Wildman–Crippen LogP) is 6.01. The van der Waals surface area contributed by atoms with Gasteiger partial charge in [-0.05, 0) is 54.5 Å². The summed E-state index contributed by atoms with van der Waals surface area (Å²) in [6.07, 6.45) is 0. The van der Waals surface area contributed by atoms with Gasteiger partial charge in [0.2, 0.25) is 0 Å². The fraction of sp³-hybridized carbons (Fsp3) is 0.111. The van der Waals surface area contributed by atoms with Gasteiger partial charge < -0.3 is 4.74 Å². The van der Waals surface area contributed by atoms with Crippen LogP contribution in [0.3, 0.4) is 0 Å². The Hall–Kier alpha value is -2.89. The molecule has 1 nitrogen and oxygen atoms in total. The van der Waals surface area contributed by atoms with Gasteiger partial charge >= 0.3 is 0 Å². The summed E-state index contributed by atoms with van der Waals surface area (Å²) in [5.41, 5.74) is 3.94. The lowest BCUT2D eigenvalue weighted by Crippen LogP contribution is -2.24. The van der Waals surface area contributed by atoms with E-state index in [0.717, 1.165) is 11.5 Å². The van der Waals surface area contributed by atoms with Gasteiger partial charge in [-0.2, -0.15) is 0 Å². The minimum Gasteiger partial charge on any atom is -0.457 e. The Balaban J connectivity index is 1.69. The van der Waals surface area contributed by atoms with Crippen LogP contribution >= 0.6 is 7.92 Å². The Labute approximate surface area is 173 Å². The molecule has 1 aliphatic rings. The van der Waals surface area contributed by atoms with Crippen molar-refractivity contribution in [3.63, 3.8) is 0 Å². The molecule has 4 aromatic rings. The Kier molecular flexibility index (Phi) is 4.70. The molecule has 142 valence electrons. The van der Waals surface area contributed by atoms with Crippen molar-refractivity contribution in [3.8, 4) is 11.5 Å². The van der Waals surface area contributed by atoms with Gasteiger partial charge in [-0.15, -0.1) is 0 Å². The number of benzene rings is 4. The van der Waals surface area contributed by atoms with Gasteiger partial charge in [0.05, 0.1) is 0 Å². The first kappa shape index (κ1) is 18.2. The lowest BCUT2D eigenvalue weighted by Gasteiger charge is -2.30. The fourth-order valence-electron chi connectivity index (χ4n) is 4.35. The molecular weight excluding hydrogens is 371 g/mol. The van der Waals surface area contributed by atoms with Gasteiger partial charge in [0.1, 0.15) is 11.5 Å². The molecule has 1 heterocycles. The lowest BCUT2D eigenvalue weighted by atomic mass is 9.87. The maximum absolute atomic E-state index is 6.28. The minimum absolute atomic E-state index is 0.318. The van der Waals surface area contributed by atoms with Crippen LogP contribution in [0.15, 0.2) is 97.1 Å². The van der Waals surface area contributed by atoms with E-state index >= 15 is 0 Å². The summed E-state index contributed by atoms with van der Waals surface area (Å²) in [5.74, 6) is 2.29. The summed E-state index contributed by atoms with van der Waals surface area (Å²) in [6.45, 7) is 4.56. The fourth-order valence-corrected chi connectivity index (χ4v) is 6.82. The molecule has 0 spiro atoms. The Morgan fingerprint density at radius 3 is 1.90 bits per heavy atom. The molecule has 5 rings (SSSR count). The second-order valence-corrected chi connectivity index (χ2v) is 9.68. The molecule has 0 bridgehead atoms. The highest BCUT2D eigenvalue weighted by molar-refractivity contribution is 7.79. The van der Waals surface area contributed by atoms with Crippen LogP contribution in [0.5, 0.6) is 11.5 Å². The van der Waals surface area contributed by atoms with E-state index in [2.05, 4.69) is 105 Å². The van der Waals surface area contributed by atoms with Crippen LogP contribution in [0.1, 0.15) is 29.5 Å². The Morgan fingerprint density at radius 2 is 1.24 bits per heavy atom. The molecular formula is C27H23OP. The molecule has 0 amide bonds. The third-order valence-electron chi connectivity index (χ3n) is 5.75. The van der Waals surface area contributed by atoms with E-state index in [4.69, 9.17) is 4.74 Å². The maximum Gasteiger partial charge on any atom is 0.131 e. The van der Waals surface area contributed by atoms with Crippen molar-refractivity contribution >= 4 is 23.8 Å². The van der Waals surface area contributed by atoms with E-state index in [1.807, 2.05) is 6.07 Å². The first-order valence-corrected chi connectivity index (χ1v) is 11.4. The molecule has 0 N–H and O–H groups in total. The van der Waals surface area contributed by atoms with Gasteiger partial charge in [0, 0.05) is 17.0 Å². The van der Waals surface area contributed by atoms with Gasteiger partial charge in [-0.1, -0.05) is 85.8 Å². The molecule has 29 heavy (non-hydrogen) atoms. The molecule has 4 aromatic carbocycles. The van der Waals surface area contributed by atoms with Crippen LogP contribution in [0.25, 0.3) is 0 Å². The molecule has 0 saturated carbocycles. The van der Waals surface area contributed by atoms with E-state index in [-0.39, 0.29) is 0 Å². The number of rotatable bonds is 3. The second-order valence-electron chi connectivity index (χ2n) is 7.49. The molecule has 0 aliphatic carbocycles. The van der Waals surface area contributed by atoms with Crippen LogP contribution in [0, 0.1) is 6.92 Å². The molecule has 1 atom stereocenters. The first-order chi connectivity index (χ1) is 14.2. The zero-order chi connectivity index (χ0) is 19.8. The van der Waals surface area contributed by atoms with Crippen molar-refractivity contribution in [2.75, 3.05) is 0 Å². The van der Waals surface area contributed by atoms with Crippen molar-refractivity contribution in [1.29, 1.82) is 0 Å². The van der Waals surface area contributed by atoms with Crippen LogP contribution < -0.4 is 20.7 Å². The van der Waals surface area contributed by atoms with Gasteiger partial charge in [0.25, 0.3) is 0 Å². The van der Waals surface area contributed by atoms with Crippen LogP contribution in [-0.4, -0.2) is 0 Å². The van der Waals surface area contributed by atoms with E-state index in [0.29, 0.717) is 5.92 Å².